The number of aromatic nitrogens is 1. The lowest BCUT2D eigenvalue weighted by molar-refractivity contribution is 0.0997. The Morgan fingerprint density at radius 2 is 1.94 bits per heavy atom. The average Bonchev–Trinajstić information content (AvgIpc) is 2.38. The Kier molecular flexibility index (Phi) is 3.05. The molecule has 17 heavy (non-hydrogen) atoms. The molecule has 0 radical (unpaired) electrons. The van der Waals surface area contributed by atoms with Crippen molar-refractivity contribution in [2.75, 3.05) is 7.11 Å². The fourth-order valence-electron chi connectivity index (χ4n) is 1.67. The summed E-state index contributed by atoms with van der Waals surface area (Å²) < 4.78 is 5.25. The summed E-state index contributed by atoms with van der Waals surface area (Å²) in [4.78, 5) is 15.3. The number of carbonyl (C=O) groups is 1. The predicted octanol–water partition coefficient (Wildman–Crippen LogP) is 1.86. The van der Waals surface area contributed by atoms with Gasteiger partial charge in [0.1, 0.15) is 11.3 Å². The quantitative estimate of drug-likeness (QED) is 0.871. The molecule has 4 nitrogen and oxygen atoms in total. The number of benzene rings is 1. The first-order valence-electron chi connectivity index (χ1n) is 5.11. The van der Waals surface area contributed by atoms with Crippen LogP contribution in [0.3, 0.4) is 0 Å². The van der Waals surface area contributed by atoms with Crippen molar-refractivity contribution in [1.29, 1.82) is 0 Å². The van der Waals surface area contributed by atoms with Gasteiger partial charge in [-0.05, 0) is 5.56 Å². The van der Waals surface area contributed by atoms with Crippen LogP contribution in [0.15, 0.2) is 42.7 Å². The van der Waals surface area contributed by atoms with Crippen molar-refractivity contribution < 1.29 is 9.53 Å². The lowest BCUT2D eigenvalue weighted by Gasteiger charge is -2.10. The number of pyridine rings is 1. The molecule has 0 atom stereocenters. The van der Waals surface area contributed by atoms with Gasteiger partial charge in [-0.3, -0.25) is 9.78 Å². The molecule has 0 spiro atoms. The highest BCUT2D eigenvalue weighted by atomic mass is 16.5. The van der Waals surface area contributed by atoms with Crippen LogP contribution in [0, 0.1) is 0 Å². The minimum absolute atomic E-state index is 0.286. The maximum Gasteiger partial charge on any atom is 0.254 e. The summed E-state index contributed by atoms with van der Waals surface area (Å²) in [5, 5.41) is 0. The van der Waals surface area contributed by atoms with Crippen LogP contribution in [0.1, 0.15) is 10.4 Å². The molecule has 4 heteroatoms. The van der Waals surface area contributed by atoms with E-state index >= 15 is 0 Å². The molecule has 0 aliphatic heterocycles. The van der Waals surface area contributed by atoms with Gasteiger partial charge in [-0.15, -0.1) is 0 Å². The van der Waals surface area contributed by atoms with Crippen LogP contribution in [-0.4, -0.2) is 18.0 Å². The molecule has 0 aliphatic carbocycles. The number of hydrogen-bond acceptors (Lipinski definition) is 3. The molecular weight excluding hydrogens is 216 g/mol. The number of primary amides is 1. The van der Waals surface area contributed by atoms with Crippen LogP contribution < -0.4 is 10.5 Å². The minimum Gasteiger partial charge on any atom is -0.495 e. The monoisotopic (exact) mass is 228 g/mol. The molecule has 86 valence electrons. The van der Waals surface area contributed by atoms with E-state index in [1.807, 2.05) is 30.3 Å². The van der Waals surface area contributed by atoms with E-state index in [-0.39, 0.29) is 5.56 Å². The molecule has 1 aromatic heterocycles. The van der Waals surface area contributed by atoms with Crippen LogP contribution in [0.5, 0.6) is 5.75 Å². The minimum atomic E-state index is -0.549. The van der Waals surface area contributed by atoms with Crippen LogP contribution in [-0.2, 0) is 0 Å². The number of nitrogens with two attached hydrogens (primary N) is 1. The van der Waals surface area contributed by atoms with Gasteiger partial charge in [-0.25, -0.2) is 0 Å². The van der Waals surface area contributed by atoms with Gasteiger partial charge < -0.3 is 10.5 Å². The molecule has 0 unspecified atom stereocenters. The highest BCUT2D eigenvalue weighted by Gasteiger charge is 2.14. The number of rotatable bonds is 3. The third-order valence-corrected chi connectivity index (χ3v) is 2.45. The second-order valence-corrected chi connectivity index (χ2v) is 3.50. The van der Waals surface area contributed by atoms with E-state index in [1.165, 1.54) is 13.3 Å². The van der Waals surface area contributed by atoms with E-state index in [0.717, 1.165) is 11.1 Å². The van der Waals surface area contributed by atoms with E-state index in [4.69, 9.17) is 10.5 Å². The highest BCUT2D eigenvalue weighted by Crippen LogP contribution is 2.31. The van der Waals surface area contributed by atoms with E-state index in [2.05, 4.69) is 4.98 Å². The van der Waals surface area contributed by atoms with Crippen LogP contribution >= 0.6 is 0 Å². The zero-order valence-corrected chi connectivity index (χ0v) is 9.38. The highest BCUT2D eigenvalue weighted by molar-refractivity contribution is 5.97. The van der Waals surface area contributed by atoms with Crippen molar-refractivity contribution in [3.8, 4) is 16.9 Å². The Hall–Kier alpha value is -2.36. The molecule has 1 aromatic carbocycles. The first-order valence-corrected chi connectivity index (χ1v) is 5.11. The fraction of sp³-hybridized carbons (Fsp3) is 0.0769. The Labute approximate surface area is 99.1 Å². The Morgan fingerprint density at radius 1 is 1.24 bits per heavy atom. The SMILES string of the molecule is COc1c(C(N)=O)cncc1-c1ccccc1. The summed E-state index contributed by atoms with van der Waals surface area (Å²) in [6, 6.07) is 9.58. The number of ether oxygens (including phenoxy) is 1. The largest absolute Gasteiger partial charge is 0.495 e. The van der Waals surface area contributed by atoms with Gasteiger partial charge in [0.2, 0.25) is 0 Å². The van der Waals surface area contributed by atoms with Gasteiger partial charge in [0.05, 0.1) is 7.11 Å². The Balaban J connectivity index is 2.63. The zero-order chi connectivity index (χ0) is 12.3. The number of methoxy groups -OCH3 is 1. The fourth-order valence-corrected chi connectivity index (χ4v) is 1.67. The molecule has 2 aromatic rings. The van der Waals surface area contributed by atoms with Gasteiger partial charge in [0.15, 0.2) is 0 Å². The molecule has 2 N–H and O–H groups in total. The molecule has 1 amide bonds. The Morgan fingerprint density at radius 3 is 2.53 bits per heavy atom. The average molecular weight is 228 g/mol. The second kappa shape index (κ2) is 4.65. The number of amides is 1. The van der Waals surface area contributed by atoms with Crippen molar-refractivity contribution in [2.24, 2.45) is 5.73 Å². The molecule has 1 heterocycles. The number of nitrogens with zero attached hydrogens (tertiary/aromatic N) is 1. The van der Waals surface area contributed by atoms with Gasteiger partial charge >= 0.3 is 0 Å². The summed E-state index contributed by atoms with van der Waals surface area (Å²) >= 11 is 0. The third kappa shape index (κ3) is 2.10. The first-order chi connectivity index (χ1) is 8.24. The lowest BCUT2D eigenvalue weighted by Crippen LogP contribution is -2.13. The van der Waals surface area contributed by atoms with Crippen LogP contribution in [0.25, 0.3) is 11.1 Å². The van der Waals surface area contributed by atoms with Gasteiger partial charge in [-0.1, -0.05) is 30.3 Å². The second-order valence-electron chi connectivity index (χ2n) is 3.50. The van der Waals surface area contributed by atoms with Crippen LogP contribution in [0.4, 0.5) is 0 Å². The van der Waals surface area contributed by atoms with Gasteiger partial charge in [-0.2, -0.15) is 0 Å². The van der Waals surface area contributed by atoms with Gasteiger partial charge in [0.25, 0.3) is 5.91 Å². The summed E-state index contributed by atoms with van der Waals surface area (Å²) in [5.74, 6) is -0.0918. The maximum atomic E-state index is 11.3. The molecule has 0 saturated heterocycles. The summed E-state index contributed by atoms with van der Waals surface area (Å²) in [6.07, 6.45) is 3.06. The molecule has 0 fully saturated rings. The summed E-state index contributed by atoms with van der Waals surface area (Å²) in [6.45, 7) is 0. The van der Waals surface area contributed by atoms with Gasteiger partial charge in [0, 0.05) is 18.0 Å². The summed E-state index contributed by atoms with van der Waals surface area (Å²) in [5.41, 5.74) is 7.25. The third-order valence-electron chi connectivity index (χ3n) is 2.45. The van der Waals surface area contributed by atoms with Crippen molar-refractivity contribution in [3.63, 3.8) is 0 Å². The molecular formula is C13H12N2O2. The topological polar surface area (TPSA) is 65.2 Å². The zero-order valence-electron chi connectivity index (χ0n) is 9.38. The smallest absolute Gasteiger partial charge is 0.254 e. The molecule has 0 bridgehead atoms. The predicted molar refractivity (Wildman–Crippen MR) is 64.7 cm³/mol. The van der Waals surface area contributed by atoms with Crippen molar-refractivity contribution in [1.82, 2.24) is 4.98 Å². The molecule has 0 saturated carbocycles. The molecule has 0 aliphatic rings. The van der Waals surface area contributed by atoms with E-state index in [1.54, 1.807) is 6.20 Å². The van der Waals surface area contributed by atoms with Crippen LogP contribution in [0.2, 0.25) is 0 Å². The maximum absolute atomic E-state index is 11.3. The lowest BCUT2D eigenvalue weighted by atomic mass is 10.0. The first kappa shape index (κ1) is 11.1. The molecule has 2 rings (SSSR count). The normalized spacial score (nSPS) is 9.94. The van der Waals surface area contributed by atoms with E-state index in [0.29, 0.717) is 5.75 Å². The summed E-state index contributed by atoms with van der Waals surface area (Å²) in [7, 11) is 1.51. The standard InChI is InChI=1S/C13H12N2O2/c1-17-12-10(9-5-3-2-4-6-9)7-15-8-11(12)13(14)16/h2-8H,1H3,(H2,14,16). The van der Waals surface area contributed by atoms with E-state index < -0.39 is 5.91 Å². The number of hydrogen-bond donors (Lipinski definition) is 1. The number of carbonyl (C=O) groups excluding carboxylic acids is 1. The van der Waals surface area contributed by atoms with Crippen molar-refractivity contribution >= 4 is 5.91 Å². The van der Waals surface area contributed by atoms with E-state index in [9.17, 15) is 4.79 Å². The van der Waals surface area contributed by atoms with Crippen molar-refractivity contribution in [2.45, 2.75) is 0 Å². The Bertz CT molecular complexity index is 538. The van der Waals surface area contributed by atoms with Crippen molar-refractivity contribution in [3.05, 3.63) is 48.3 Å².